The summed E-state index contributed by atoms with van der Waals surface area (Å²) in [5.74, 6) is 1.14. The molecule has 1 aromatic carbocycles. The third kappa shape index (κ3) is 3.15. The van der Waals surface area contributed by atoms with Crippen LogP contribution in [0.25, 0.3) is 0 Å². The van der Waals surface area contributed by atoms with Gasteiger partial charge in [0, 0.05) is 44.5 Å². The predicted molar refractivity (Wildman–Crippen MR) is 86.1 cm³/mol. The van der Waals surface area contributed by atoms with E-state index in [9.17, 15) is 10.1 Å². The van der Waals surface area contributed by atoms with Crippen LogP contribution in [0.4, 0.5) is 17.3 Å². The first-order chi connectivity index (χ1) is 11.2. The fourth-order valence-corrected chi connectivity index (χ4v) is 2.63. The third-order valence-electron chi connectivity index (χ3n) is 3.81. The van der Waals surface area contributed by atoms with Gasteiger partial charge in [-0.25, -0.2) is 4.98 Å². The number of nitro groups is 1. The first-order valence-electron chi connectivity index (χ1n) is 7.29. The Bertz CT molecular complexity index is 701. The van der Waals surface area contributed by atoms with Crippen LogP contribution in [0.2, 0.25) is 0 Å². The van der Waals surface area contributed by atoms with Crippen LogP contribution in [0.15, 0.2) is 36.5 Å². The molecule has 1 aliphatic heterocycles. The summed E-state index contributed by atoms with van der Waals surface area (Å²) in [6, 6.07) is 8.53. The average Bonchev–Trinajstić information content (AvgIpc) is 2.62. The van der Waals surface area contributed by atoms with Crippen molar-refractivity contribution in [3.05, 3.63) is 46.6 Å². The number of ether oxygens (including phenoxy) is 1. The summed E-state index contributed by atoms with van der Waals surface area (Å²) < 4.78 is 5.12. The molecule has 120 valence electrons. The molecule has 0 aliphatic carbocycles. The smallest absolute Gasteiger partial charge is 0.292 e. The van der Waals surface area contributed by atoms with E-state index in [4.69, 9.17) is 4.74 Å². The fourth-order valence-electron chi connectivity index (χ4n) is 2.63. The summed E-state index contributed by atoms with van der Waals surface area (Å²) in [5.41, 5.74) is 0.794. The van der Waals surface area contributed by atoms with Crippen LogP contribution >= 0.6 is 0 Å². The number of methoxy groups -OCH3 is 1. The summed E-state index contributed by atoms with van der Waals surface area (Å²) in [5, 5.41) is 11.2. The molecule has 0 N–H and O–H groups in total. The van der Waals surface area contributed by atoms with Crippen molar-refractivity contribution in [2.75, 3.05) is 43.1 Å². The molecule has 1 saturated heterocycles. The van der Waals surface area contributed by atoms with Gasteiger partial charge < -0.3 is 14.5 Å². The maximum atomic E-state index is 11.2. The summed E-state index contributed by atoms with van der Waals surface area (Å²) in [4.78, 5) is 23.5. The molecule has 8 heteroatoms. The fraction of sp³-hybridized carbons (Fsp3) is 0.333. The lowest BCUT2D eigenvalue weighted by atomic mass is 10.2. The van der Waals surface area contributed by atoms with Crippen molar-refractivity contribution in [2.24, 2.45) is 0 Å². The normalized spacial score (nSPS) is 14.7. The lowest BCUT2D eigenvalue weighted by molar-refractivity contribution is -0.384. The minimum Gasteiger partial charge on any atom is -0.481 e. The molecule has 0 radical (unpaired) electrons. The molecule has 0 amide bonds. The maximum absolute atomic E-state index is 11.2. The Morgan fingerprint density at radius 3 is 2.52 bits per heavy atom. The Morgan fingerprint density at radius 2 is 1.83 bits per heavy atom. The molecule has 0 atom stereocenters. The van der Waals surface area contributed by atoms with Gasteiger partial charge in [0.25, 0.3) is 5.69 Å². The Hall–Kier alpha value is -2.90. The lowest BCUT2D eigenvalue weighted by Crippen LogP contribution is -2.47. The molecule has 1 aromatic heterocycles. The van der Waals surface area contributed by atoms with Crippen molar-refractivity contribution in [3.8, 4) is 5.88 Å². The third-order valence-corrected chi connectivity index (χ3v) is 3.81. The van der Waals surface area contributed by atoms with Gasteiger partial charge in [-0.3, -0.25) is 10.1 Å². The largest absolute Gasteiger partial charge is 0.481 e. The highest BCUT2D eigenvalue weighted by atomic mass is 16.6. The highest BCUT2D eigenvalue weighted by Gasteiger charge is 2.24. The number of hydrogen-bond donors (Lipinski definition) is 0. The van der Waals surface area contributed by atoms with Gasteiger partial charge >= 0.3 is 0 Å². The van der Waals surface area contributed by atoms with Crippen molar-refractivity contribution in [2.45, 2.75) is 0 Å². The molecular weight excluding hydrogens is 298 g/mol. The molecule has 0 unspecified atom stereocenters. The minimum absolute atomic E-state index is 0.138. The molecule has 1 aliphatic rings. The SMILES string of the molecule is COc1ccnc(N2CCN(c3ccccc3[N+](=O)[O-])CC2)n1. The molecule has 1 fully saturated rings. The number of para-hydroxylation sites is 2. The zero-order valence-corrected chi connectivity index (χ0v) is 12.8. The topological polar surface area (TPSA) is 84.6 Å². The van der Waals surface area contributed by atoms with Gasteiger partial charge in [0.1, 0.15) is 5.69 Å². The maximum Gasteiger partial charge on any atom is 0.292 e. The van der Waals surface area contributed by atoms with Crippen molar-refractivity contribution < 1.29 is 9.66 Å². The van der Waals surface area contributed by atoms with E-state index >= 15 is 0 Å². The standard InChI is InChI=1S/C15H17N5O3/c1-23-14-6-7-16-15(17-14)19-10-8-18(9-11-19)12-4-2-3-5-13(12)20(21)22/h2-7H,8-11H2,1H3. The van der Waals surface area contributed by atoms with Crippen LogP contribution in [-0.4, -0.2) is 48.2 Å². The lowest BCUT2D eigenvalue weighted by Gasteiger charge is -2.35. The highest BCUT2D eigenvalue weighted by molar-refractivity contribution is 5.63. The number of aromatic nitrogens is 2. The van der Waals surface area contributed by atoms with Crippen LogP contribution in [0.3, 0.4) is 0 Å². The molecule has 0 spiro atoms. The van der Waals surface area contributed by atoms with E-state index in [-0.39, 0.29) is 10.6 Å². The van der Waals surface area contributed by atoms with Crippen molar-refractivity contribution in [1.29, 1.82) is 0 Å². The Morgan fingerprint density at radius 1 is 1.13 bits per heavy atom. The van der Waals surface area contributed by atoms with E-state index < -0.39 is 0 Å². The van der Waals surface area contributed by atoms with Gasteiger partial charge in [-0.05, 0) is 6.07 Å². The summed E-state index contributed by atoms with van der Waals surface area (Å²) in [6.45, 7) is 2.73. The van der Waals surface area contributed by atoms with Gasteiger partial charge in [-0.2, -0.15) is 4.98 Å². The van der Waals surface area contributed by atoms with Gasteiger partial charge in [-0.15, -0.1) is 0 Å². The van der Waals surface area contributed by atoms with Crippen LogP contribution in [0.5, 0.6) is 5.88 Å². The zero-order chi connectivity index (χ0) is 16.2. The second kappa shape index (κ2) is 6.47. The average molecular weight is 315 g/mol. The van der Waals surface area contributed by atoms with E-state index in [1.54, 1.807) is 31.5 Å². The number of rotatable bonds is 4. The Balaban J connectivity index is 1.72. The van der Waals surface area contributed by atoms with E-state index in [0.29, 0.717) is 43.7 Å². The second-order valence-electron chi connectivity index (χ2n) is 5.12. The Kier molecular flexibility index (Phi) is 4.22. The molecule has 3 rings (SSSR count). The molecule has 0 saturated carbocycles. The number of nitro benzene ring substituents is 1. The van der Waals surface area contributed by atoms with Crippen molar-refractivity contribution in [3.63, 3.8) is 0 Å². The van der Waals surface area contributed by atoms with Crippen LogP contribution in [0.1, 0.15) is 0 Å². The van der Waals surface area contributed by atoms with Crippen LogP contribution in [-0.2, 0) is 0 Å². The highest BCUT2D eigenvalue weighted by Crippen LogP contribution is 2.28. The summed E-state index contributed by atoms with van der Waals surface area (Å²) >= 11 is 0. The van der Waals surface area contributed by atoms with Crippen LogP contribution in [0, 0.1) is 10.1 Å². The monoisotopic (exact) mass is 315 g/mol. The molecule has 2 aromatic rings. The molecular formula is C15H17N5O3. The second-order valence-corrected chi connectivity index (χ2v) is 5.12. The quantitative estimate of drug-likeness (QED) is 0.627. The van der Waals surface area contributed by atoms with E-state index in [1.165, 1.54) is 6.07 Å². The van der Waals surface area contributed by atoms with Gasteiger partial charge in [0.05, 0.1) is 12.0 Å². The number of benzene rings is 1. The van der Waals surface area contributed by atoms with E-state index in [2.05, 4.69) is 9.97 Å². The predicted octanol–water partition coefficient (Wildman–Crippen LogP) is 1.72. The van der Waals surface area contributed by atoms with E-state index in [1.807, 2.05) is 15.9 Å². The number of hydrogen-bond acceptors (Lipinski definition) is 7. The molecule has 8 nitrogen and oxygen atoms in total. The Labute approximate surface area is 133 Å². The van der Waals surface area contributed by atoms with E-state index in [0.717, 1.165) is 0 Å². The number of piperazine rings is 1. The zero-order valence-electron chi connectivity index (χ0n) is 12.8. The van der Waals surface area contributed by atoms with Crippen molar-refractivity contribution in [1.82, 2.24) is 9.97 Å². The number of anilines is 2. The summed E-state index contributed by atoms with van der Waals surface area (Å²) in [6.07, 6.45) is 1.66. The minimum atomic E-state index is -0.340. The first-order valence-corrected chi connectivity index (χ1v) is 7.29. The van der Waals surface area contributed by atoms with Crippen molar-refractivity contribution >= 4 is 17.3 Å². The van der Waals surface area contributed by atoms with Gasteiger partial charge in [0.2, 0.25) is 11.8 Å². The van der Waals surface area contributed by atoms with Gasteiger partial charge in [0.15, 0.2) is 0 Å². The number of nitrogens with zero attached hydrogens (tertiary/aromatic N) is 5. The first kappa shape index (κ1) is 15.0. The van der Waals surface area contributed by atoms with Gasteiger partial charge in [-0.1, -0.05) is 12.1 Å². The molecule has 23 heavy (non-hydrogen) atoms. The van der Waals surface area contributed by atoms with Crippen LogP contribution < -0.4 is 14.5 Å². The molecule has 0 bridgehead atoms. The molecule has 2 heterocycles. The summed E-state index contributed by atoms with van der Waals surface area (Å²) in [7, 11) is 1.57.